The molecule has 1 heterocycles. The fourth-order valence-corrected chi connectivity index (χ4v) is 2.68. The summed E-state index contributed by atoms with van der Waals surface area (Å²) in [6.07, 6.45) is 3.70. The van der Waals surface area contributed by atoms with Gasteiger partial charge >= 0.3 is 0 Å². The molecule has 0 saturated heterocycles. The van der Waals surface area contributed by atoms with Crippen molar-refractivity contribution in [1.29, 1.82) is 0 Å². The van der Waals surface area contributed by atoms with E-state index in [-0.39, 0.29) is 17.8 Å². The van der Waals surface area contributed by atoms with E-state index in [1.807, 2.05) is 25.1 Å². The Labute approximate surface area is 138 Å². The molecule has 0 saturated carbocycles. The predicted octanol–water partition coefficient (Wildman–Crippen LogP) is 2.93. The fraction of sp³-hybridized carbons (Fsp3) is 0.500. The molecule has 1 aromatic carbocycles. The van der Waals surface area contributed by atoms with Gasteiger partial charge in [-0.3, -0.25) is 9.79 Å². The monoisotopic (exact) mass is 314 g/mol. The van der Waals surface area contributed by atoms with Gasteiger partial charge in [-0.1, -0.05) is 43.7 Å². The molecular weight excluding hydrogens is 288 g/mol. The van der Waals surface area contributed by atoms with Crippen LogP contribution in [0, 0.1) is 0 Å². The van der Waals surface area contributed by atoms with Gasteiger partial charge in [0.25, 0.3) is 5.91 Å². The smallest absolute Gasteiger partial charge is 0.289 e. The molecule has 23 heavy (non-hydrogen) atoms. The molecule has 0 radical (unpaired) electrons. The van der Waals surface area contributed by atoms with E-state index in [1.54, 1.807) is 4.90 Å². The number of unbranched alkanes of at least 4 members (excludes halogenated alkanes) is 1. The predicted molar refractivity (Wildman–Crippen MR) is 94.6 cm³/mol. The van der Waals surface area contributed by atoms with E-state index < -0.39 is 0 Å². The van der Waals surface area contributed by atoms with E-state index in [0.29, 0.717) is 12.4 Å². The van der Waals surface area contributed by atoms with Crippen molar-refractivity contribution in [3.63, 3.8) is 0 Å². The van der Waals surface area contributed by atoms with Crippen LogP contribution in [-0.2, 0) is 4.79 Å². The van der Waals surface area contributed by atoms with Crippen LogP contribution in [0.1, 0.15) is 51.1 Å². The second-order valence-corrected chi connectivity index (χ2v) is 5.75. The Morgan fingerprint density at radius 1 is 1.35 bits per heavy atom. The zero-order valence-electron chi connectivity index (χ0n) is 14.0. The molecule has 5 heteroatoms. The quantitative estimate of drug-likeness (QED) is 0.670. The summed E-state index contributed by atoms with van der Waals surface area (Å²) < 4.78 is 0. The molecule has 1 amide bonds. The van der Waals surface area contributed by atoms with Crippen molar-refractivity contribution in [3.8, 4) is 0 Å². The number of rotatable bonds is 5. The zero-order valence-corrected chi connectivity index (χ0v) is 14.0. The first kappa shape index (κ1) is 17.2. The van der Waals surface area contributed by atoms with Crippen LogP contribution < -0.4 is 5.73 Å². The van der Waals surface area contributed by atoms with Gasteiger partial charge in [-0.25, -0.2) is 4.99 Å². The maximum absolute atomic E-state index is 12.3. The molecule has 1 aliphatic rings. The first-order valence-corrected chi connectivity index (χ1v) is 8.40. The molecule has 0 aliphatic carbocycles. The minimum atomic E-state index is -0.188. The number of aliphatic imine (C=N–C) groups is 2. The second-order valence-electron chi connectivity index (χ2n) is 5.75. The van der Waals surface area contributed by atoms with Crippen LogP contribution in [0.2, 0.25) is 0 Å². The van der Waals surface area contributed by atoms with Gasteiger partial charge in [0.15, 0.2) is 5.84 Å². The van der Waals surface area contributed by atoms with Gasteiger partial charge in [-0.05, 0) is 25.3 Å². The maximum Gasteiger partial charge on any atom is 0.289 e. The number of nitrogens with zero attached hydrogens (tertiary/aromatic N) is 3. The lowest BCUT2D eigenvalue weighted by Gasteiger charge is -2.19. The highest BCUT2D eigenvalue weighted by Gasteiger charge is 2.21. The third-order valence-corrected chi connectivity index (χ3v) is 4.05. The average Bonchev–Trinajstić information content (AvgIpc) is 3.04. The molecule has 0 fully saturated rings. The maximum atomic E-state index is 12.3. The van der Waals surface area contributed by atoms with Crippen LogP contribution in [0.3, 0.4) is 0 Å². The van der Waals surface area contributed by atoms with E-state index in [1.165, 1.54) is 5.56 Å². The average molecular weight is 314 g/mol. The van der Waals surface area contributed by atoms with E-state index in [9.17, 15) is 4.79 Å². The standard InChI is InChI=1S/C18H26N4O/c1-3-5-13-22(4-2)18(23)17(19)21-16-12-11-15(20-16)14-9-7-6-8-10-14/h6-10,15H,3-5,11-13H2,1-2H3,(H2,19,20,21). The summed E-state index contributed by atoms with van der Waals surface area (Å²) in [4.78, 5) is 23.0. The van der Waals surface area contributed by atoms with Crippen LogP contribution >= 0.6 is 0 Å². The Balaban J connectivity index is 2.04. The SMILES string of the molecule is CCCCN(CC)C(=O)C(N)=NC1=NC(c2ccccc2)CC1. The van der Waals surface area contributed by atoms with Gasteiger partial charge in [0, 0.05) is 19.5 Å². The molecule has 124 valence electrons. The van der Waals surface area contributed by atoms with Crippen LogP contribution in [0.5, 0.6) is 0 Å². The van der Waals surface area contributed by atoms with Gasteiger partial charge in [-0.15, -0.1) is 0 Å². The normalized spacial score (nSPS) is 17.9. The first-order valence-electron chi connectivity index (χ1n) is 8.40. The highest BCUT2D eigenvalue weighted by atomic mass is 16.2. The molecule has 1 aliphatic heterocycles. The van der Waals surface area contributed by atoms with Crippen LogP contribution in [0.4, 0.5) is 0 Å². The van der Waals surface area contributed by atoms with E-state index >= 15 is 0 Å². The number of carbonyl (C=O) groups excluding carboxylic acids is 1. The van der Waals surface area contributed by atoms with Gasteiger partial charge < -0.3 is 10.6 Å². The molecule has 1 aromatic rings. The van der Waals surface area contributed by atoms with Crippen molar-refractivity contribution >= 4 is 17.6 Å². The first-order chi connectivity index (χ1) is 11.2. The van der Waals surface area contributed by atoms with Gasteiger partial charge in [0.1, 0.15) is 5.84 Å². The van der Waals surface area contributed by atoms with Crippen molar-refractivity contribution in [2.45, 2.75) is 45.6 Å². The number of amidine groups is 2. The van der Waals surface area contributed by atoms with Crippen LogP contribution in [-0.4, -0.2) is 35.6 Å². The largest absolute Gasteiger partial charge is 0.379 e. The number of likely N-dealkylation sites (N-methyl/N-ethyl adjacent to an activating group) is 1. The van der Waals surface area contributed by atoms with Crippen LogP contribution in [0.25, 0.3) is 0 Å². The molecule has 2 rings (SSSR count). The van der Waals surface area contributed by atoms with E-state index in [4.69, 9.17) is 5.73 Å². The lowest BCUT2D eigenvalue weighted by molar-refractivity contribution is -0.124. The molecule has 1 atom stereocenters. The van der Waals surface area contributed by atoms with Gasteiger partial charge in [-0.2, -0.15) is 0 Å². The van der Waals surface area contributed by atoms with Gasteiger partial charge in [0.2, 0.25) is 0 Å². The topological polar surface area (TPSA) is 71.0 Å². The van der Waals surface area contributed by atoms with Crippen molar-refractivity contribution in [2.24, 2.45) is 15.7 Å². The number of hydrogen-bond acceptors (Lipinski definition) is 3. The Kier molecular flexibility index (Phi) is 6.32. The summed E-state index contributed by atoms with van der Waals surface area (Å²) in [5.74, 6) is 0.540. The lowest BCUT2D eigenvalue weighted by Crippen LogP contribution is -2.41. The number of hydrogen-bond donors (Lipinski definition) is 1. The fourth-order valence-electron chi connectivity index (χ4n) is 2.68. The van der Waals surface area contributed by atoms with Crippen molar-refractivity contribution in [2.75, 3.05) is 13.1 Å². The molecule has 2 N–H and O–H groups in total. The highest BCUT2D eigenvalue weighted by Crippen LogP contribution is 2.28. The van der Waals surface area contributed by atoms with Crippen LogP contribution in [0.15, 0.2) is 40.3 Å². The number of carbonyl (C=O) groups is 1. The lowest BCUT2D eigenvalue weighted by atomic mass is 10.1. The Bertz CT molecular complexity index is 580. The van der Waals surface area contributed by atoms with Crippen molar-refractivity contribution < 1.29 is 4.79 Å². The summed E-state index contributed by atoms with van der Waals surface area (Å²) in [5, 5.41) is 0. The number of nitrogens with two attached hydrogens (primary N) is 1. The third-order valence-electron chi connectivity index (χ3n) is 4.05. The third kappa shape index (κ3) is 4.65. The van der Waals surface area contributed by atoms with Gasteiger partial charge in [0.05, 0.1) is 6.04 Å². The molecule has 0 spiro atoms. The number of benzene rings is 1. The second kappa shape index (κ2) is 8.46. The van der Waals surface area contributed by atoms with Crippen molar-refractivity contribution in [1.82, 2.24) is 4.90 Å². The number of amides is 1. The Morgan fingerprint density at radius 3 is 2.74 bits per heavy atom. The Hall–Kier alpha value is -2.17. The molecular formula is C18H26N4O. The minimum absolute atomic E-state index is 0.0513. The molecule has 0 aromatic heterocycles. The van der Waals surface area contributed by atoms with Crippen molar-refractivity contribution in [3.05, 3.63) is 35.9 Å². The summed E-state index contributed by atoms with van der Waals surface area (Å²) in [6, 6.07) is 10.3. The summed E-state index contributed by atoms with van der Waals surface area (Å²) in [6.45, 7) is 5.43. The zero-order chi connectivity index (χ0) is 16.7. The molecule has 1 unspecified atom stereocenters. The highest BCUT2D eigenvalue weighted by molar-refractivity contribution is 6.38. The summed E-state index contributed by atoms with van der Waals surface area (Å²) in [5.41, 5.74) is 7.09. The molecule has 0 bridgehead atoms. The molecule has 5 nitrogen and oxygen atoms in total. The van der Waals surface area contributed by atoms with E-state index in [0.717, 1.165) is 32.2 Å². The summed E-state index contributed by atoms with van der Waals surface area (Å²) in [7, 11) is 0. The Morgan fingerprint density at radius 2 is 2.09 bits per heavy atom. The summed E-state index contributed by atoms with van der Waals surface area (Å²) >= 11 is 0. The minimum Gasteiger partial charge on any atom is -0.379 e. The van der Waals surface area contributed by atoms with E-state index in [2.05, 4.69) is 29.0 Å².